The molecule has 0 bridgehead atoms. The van der Waals surface area contributed by atoms with Crippen LogP contribution >= 0.6 is 0 Å². The second-order valence-corrected chi connectivity index (χ2v) is 9.62. The highest BCUT2D eigenvalue weighted by Crippen LogP contribution is 2.29. The van der Waals surface area contributed by atoms with E-state index in [1.165, 1.54) is 4.31 Å². The Morgan fingerprint density at radius 2 is 1.83 bits per heavy atom. The first-order valence-electron chi connectivity index (χ1n) is 10.2. The fourth-order valence-corrected chi connectivity index (χ4v) is 5.60. The molecule has 0 unspecified atom stereocenters. The molecule has 2 aromatic rings. The number of amides is 1. The van der Waals surface area contributed by atoms with Crippen LogP contribution in [0.5, 0.6) is 0 Å². The van der Waals surface area contributed by atoms with E-state index >= 15 is 0 Å². The monoisotopic (exact) mass is 418 g/mol. The summed E-state index contributed by atoms with van der Waals surface area (Å²) >= 11 is 0. The Kier molecular flexibility index (Phi) is 6.43. The number of rotatable bonds is 6. The number of nitrogens with one attached hydrogen (secondary N) is 1. The molecule has 158 valence electrons. The third-order valence-corrected chi connectivity index (χ3v) is 7.80. The first-order valence-corrected chi connectivity index (χ1v) is 11.6. The van der Waals surface area contributed by atoms with Gasteiger partial charge in [-0.05, 0) is 52.2 Å². The predicted octanol–water partition coefficient (Wildman–Crippen LogP) is 2.80. The summed E-state index contributed by atoms with van der Waals surface area (Å²) in [6.07, 6.45) is 1.95. The van der Waals surface area contributed by atoms with E-state index in [4.69, 9.17) is 0 Å². The van der Waals surface area contributed by atoms with Gasteiger partial charge in [0.2, 0.25) is 15.9 Å². The minimum absolute atomic E-state index is 0.0284. The van der Waals surface area contributed by atoms with Crippen LogP contribution in [0.2, 0.25) is 0 Å². The molecule has 3 rings (SSSR count). The van der Waals surface area contributed by atoms with Crippen molar-refractivity contribution in [3.05, 3.63) is 41.7 Å². The first kappa shape index (κ1) is 21.5. The number of para-hydroxylation sites is 1. The number of hydrogen-bond donors (Lipinski definition) is 1. The molecule has 0 saturated carbocycles. The molecule has 1 amide bonds. The van der Waals surface area contributed by atoms with Gasteiger partial charge in [0, 0.05) is 25.0 Å². The van der Waals surface area contributed by atoms with Gasteiger partial charge in [0.1, 0.15) is 4.90 Å². The average Bonchev–Trinajstić information content (AvgIpc) is 3.03. The van der Waals surface area contributed by atoms with Gasteiger partial charge in [-0.3, -0.25) is 4.79 Å². The zero-order valence-corrected chi connectivity index (χ0v) is 18.4. The van der Waals surface area contributed by atoms with Gasteiger partial charge in [-0.2, -0.15) is 9.40 Å². The quantitative estimate of drug-likeness (QED) is 0.782. The van der Waals surface area contributed by atoms with Crippen molar-refractivity contribution >= 4 is 15.9 Å². The molecule has 0 spiro atoms. The number of carbonyl (C=O) groups excluding carboxylic acids is 1. The van der Waals surface area contributed by atoms with Crippen LogP contribution in [0.4, 0.5) is 0 Å². The summed E-state index contributed by atoms with van der Waals surface area (Å²) in [5.41, 5.74) is 1.92. The number of hydrogen-bond acceptors (Lipinski definition) is 4. The number of carbonyl (C=O) groups is 1. The van der Waals surface area contributed by atoms with Gasteiger partial charge in [0.15, 0.2) is 0 Å². The molecule has 1 fully saturated rings. The zero-order chi connectivity index (χ0) is 21.2. The molecule has 7 nitrogen and oxygen atoms in total. The van der Waals surface area contributed by atoms with Gasteiger partial charge in [-0.1, -0.05) is 25.1 Å². The molecule has 0 aliphatic carbocycles. The Bertz CT molecular complexity index is 961. The molecule has 1 aliphatic heterocycles. The Hall–Kier alpha value is -2.19. The van der Waals surface area contributed by atoms with E-state index in [0.717, 1.165) is 12.1 Å². The second kappa shape index (κ2) is 8.67. The molecular formula is C21H30N4O3S. The number of benzene rings is 1. The van der Waals surface area contributed by atoms with Crippen molar-refractivity contribution in [2.24, 2.45) is 5.92 Å². The van der Waals surface area contributed by atoms with Gasteiger partial charge in [0.05, 0.1) is 17.1 Å². The Morgan fingerprint density at radius 3 is 2.41 bits per heavy atom. The van der Waals surface area contributed by atoms with E-state index in [1.54, 1.807) is 18.5 Å². The molecule has 1 atom stereocenters. The topological polar surface area (TPSA) is 84.3 Å². The van der Waals surface area contributed by atoms with Crippen molar-refractivity contribution in [1.29, 1.82) is 0 Å². The van der Waals surface area contributed by atoms with Crippen molar-refractivity contribution in [2.75, 3.05) is 13.1 Å². The van der Waals surface area contributed by atoms with Crippen LogP contribution < -0.4 is 5.32 Å². The maximum absolute atomic E-state index is 13.3. The smallest absolute Gasteiger partial charge is 0.246 e. The average molecular weight is 419 g/mol. The van der Waals surface area contributed by atoms with Crippen molar-refractivity contribution in [3.8, 4) is 5.69 Å². The van der Waals surface area contributed by atoms with Crippen molar-refractivity contribution < 1.29 is 13.2 Å². The van der Waals surface area contributed by atoms with Gasteiger partial charge in [-0.25, -0.2) is 13.1 Å². The van der Waals surface area contributed by atoms with Crippen LogP contribution in [0.1, 0.15) is 44.5 Å². The largest absolute Gasteiger partial charge is 0.353 e. The van der Waals surface area contributed by atoms with Crippen LogP contribution in [0, 0.1) is 19.8 Å². The standard InChI is InChI=1S/C21H30N4O3S/c1-5-15(2)22-21(26)18-11-13-24(14-12-18)29(27,28)20-16(3)23-25(17(20)4)19-9-7-6-8-10-19/h6-10,15,18H,5,11-14H2,1-4H3,(H,22,26)/t15-/m0/s1. The predicted molar refractivity (Wildman–Crippen MR) is 112 cm³/mol. The van der Waals surface area contributed by atoms with Crippen molar-refractivity contribution in [1.82, 2.24) is 19.4 Å². The van der Waals surface area contributed by atoms with Gasteiger partial charge in [0.25, 0.3) is 0 Å². The van der Waals surface area contributed by atoms with Gasteiger partial charge < -0.3 is 5.32 Å². The molecule has 2 heterocycles. The number of aryl methyl sites for hydroxylation is 1. The molecule has 1 N–H and O–H groups in total. The van der Waals surface area contributed by atoms with Crippen LogP contribution in [0.25, 0.3) is 5.69 Å². The first-order chi connectivity index (χ1) is 13.8. The summed E-state index contributed by atoms with van der Waals surface area (Å²) in [6, 6.07) is 9.64. The highest BCUT2D eigenvalue weighted by molar-refractivity contribution is 7.89. The van der Waals surface area contributed by atoms with Crippen molar-refractivity contribution in [3.63, 3.8) is 0 Å². The van der Waals surface area contributed by atoms with E-state index in [2.05, 4.69) is 10.4 Å². The summed E-state index contributed by atoms with van der Waals surface area (Å²) in [5, 5.41) is 7.48. The molecular weight excluding hydrogens is 388 g/mol. The van der Waals surface area contributed by atoms with E-state index in [-0.39, 0.29) is 22.8 Å². The van der Waals surface area contributed by atoms with Crippen LogP contribution in [-0.2, 0) is 14.8 Å². The van der Waals surface area contributed by atoms with Crippen molar-refractivity contribution in [2.45, 2.75) is 57.9 Å². The fraction of sp³-hybridized carbons (Fsp3) is 0.524. The maximum atomic E-state index is 13.3. The molecule has 1 aliphatic rings. The Balaban J connectivity index is 1.78. The van der Waals surface area contributed by atoms with Gasteiger partial charge >= 0.3 is 0 Å². The number of piperidine rings is 1. The van der Waals surface area contributed by atoms with Crippen LogP contribution in [0.15, 0.2) is 35.2 Å². The molecule has 1 aromatic heterocycles. The van der Waals surface area contributed by atoms with Crippen LogP contribution in [-0.4, -0.2) is 47.5 Å². The fourth-order valence-electron chi connectivity index (χ4n) is 3.77. The lowest BCUT2D eigenvalue weighted by Crippen LogP contribution is -2.44. The lowest BCUT2D eigenvalue weighted by atomic mass is 9.97. The van der Waals surface area contributed by atoms with Crippen LogP contribution in [0.3, 0.4) is 0 Å². The molecule has 1 saturated heterocycles. The second-order valence-electron chi connectivity index (χ2n) is 7.74. The Labute approximate surface area is 173 Å². The molecule has 0 radical (unpaired) electrons. The summed E-state index contributed by atoms with van der Waals surface area (Å²) < 4.78 is 29.9. The van der Waals surface area contributed by atoms with E-state index in [0.29, 0.717) is 37.3 Å². The van der Waals surface area contributed by atoms with Gasteiger partial charge in [-0.15, -0.1) is 0 Å². The number of aromatic nitrogens is 2. The summed E-state index contributed by atoms with van der Waals surface area (Å²) in [7, 11) is -3.67. The summed E-state index contributed by atoms with van der Waals surface area (Å²) in [4.78, 5) is 12.6. The third kappa shape index (κ3) is 4.38. The minimum Gasteiger partial charge on any atom is -0.353 e. The lowest BCUT2D eigenvalue weighted by Gasteiger charge is -2.31. The molecule has 1 aromatic carbocycles. The SMILES string of the molecule is CC[C@H](C)NC(=O)C1CCN(S(=O)(=O)c2c(C)nn(-c3ccccc3)c2C)CC1. The van der Waals surface area contributed by atoms with E-state index in [9.17, 15) is 13.2 Å². The summed E-state index contributed by atoms with van der Waals surface area (Å²) in [6.45, 7) is 8.21. The molecule has 29 heavy (non-hydrogen) atoms. The molecule has 8 heteroatoms. The third-order valence-electron chi connectivity index (χ3n) is 5.65. The lowest BCUT2D eigenvalue weighted by molar-refractivity contribution is -0.126. The Morgan fingerprint density at radius 1 is 1.21 bits per heavy atom. The highest BCUT2D eigenvalue weighted by atomic mass is 32.2. The maximum Gasteiger partial charge on any atom is 0.246 e. The zero-order valence-electron chi connectivity index (χ0n) is 17.6. The summed E-state index contributed by atoms with van der Waals surface area (Å²) in [5.74, 6) is -0.106. The number of nitrogens with zero attached hydrogens (tertiary/aromatic N) is 3. The number of sulfonamides is 1. The normalized spacial score (nSPS) is 17.2. The minimum atomic E-state index is -3.67. The van der Waals surface area contributed by atoms with E-state index in [1.807, 2.05) is 44.2 Å². The highest BCUT2D eigenvalue weighted by Gasteiger charge is 2.35. The van der Waals surface area contributed by atoms with E-state index < -0.39 is 10.0 Å².